The summed E-state index contributed by atoms with van der Waals surface area (Å²) in [5.41, 5.74) is -0.0230. The standard InChI is InChI=1S/C23H30ClF3N2O5/c1-7-10-33-21(32)29-19(14(3)23(25,26)27)20(31)28-17-12-15(8-9-16(17)24)13(2)11-18(30)34-22(4,5)6/h7-9,12-14,19H,1,10-11H2,2-6H3,(H,28,31)(H,29,32)/t13-,14+,19-/m0/s1. The molecular formula is C23H30ClF3N2O5. The third kappa shape index (κ3) is 9.62. The maximum atomic E-state index is 13.3. The predicted molar refractivity (Wildman–Crippen MR) is 123 cm³/mol. The summed E-state index contributed by atoms with van der Waals surface area (Å²) in [6.07, 6.45) is -4.72. The van der Waals surface area contributed by atoms with Crippen molar-refractivity contribution >= 4 is 35.3 Å². The van der Waals surface area contributed by atoms with Crippen LogP contribution < -0.4 is 10.6 Å². The molecule has 3 atom stereocenters. The summed E-state index contributed by atoms with van der Waals surface area (Å²) in [5.74, 6) is -4.13. The molecule has 0 aliphatic rings. The van der Waals surface area contributed by atoms with Crippen LogP contribution in [0.1, 0.15) is 52.5 Å². The number of benzene rings is 1. The molecule has 7 nitrogen and oxygen atoms in total. The Bertz CT molecular complexity index is 900. The minimum Gasteiger partial charge on any atom is -0.460 e. The molecule has 0 saturated heterocycles. The van der Waals surface area contributed by atoms with Gasteiger partial charge in [-0.2, -0.15) is 13.2 Å². The second kappa shape index (κ2) is 12.1. The molecule has 0 bridgehead atoms. The first-order chi connectivity index (χ1) is 15.5. The monoisotopic (exact) mass is 506 g/mol. The van der Waals surface area contributed by atoms with Gasteiger partial charge in [0.1, 0.15) is 18.2 Å². The number of rotatable bonds is 9. The summed E-state index contributed by atoms with van der Waals surface area (Å²) in [4.78, 5) is 36.7. The molecule has 1 aromatic carbocycles. The van der Waals surface area contributed by atoms with Gasteiger partial charge in [-0.15, -0.1) is 0 Å². The fourth-order valence-electron chi connectivity index (χ4n) is 2.82. The lowest BCUT2D eigenvalue weighted by Gasteiger charge is -2.26. The van der Waals surface area contributed by atoms with Crippen molar-refractivity contribution in [1.29, 1.82) is 0 Å². The highest BCUT2D eigenvalue weighted by atomic mass is 35.5. The van der Waals surface area contributed by atoms with E-state index in [1.807, 2.05) is 5.32 Å². The van der Waals surface area contributed by atoms with Crippen molar-refractivity contribution in [3.63, 3.8) is 0 Å². The van der Waals surface area contributed by atoms with Crippen LogP contribution in [0, 0.1) is 5.92 Å². The van der Waals surface area contributed by atoms with Crippen LogP contribution >= 0.6 is 11.6 Å². The summed E-state index contributed by atoms with van der Waals surface area (Å²) in [7, 11) is 0. The van der Waals surface area contributed by atoms with Gasteiger partial charge in [-0.25, -0.2) is 4.79 Å². The number of hydrogen-bond donors (Lipinski definition) is 2. The number of carbonyl (C=O) groups is 3. The molecule has 11 heteroatoms. The quantitative estimate of drug-likeness (QED) is 0.336. The first-order valence-corrected chi connectivity index (χ1v) is 10.9. The van der Waals surface area contributed by atoms with E-state index in [1.165, 1.54) is 18.2 Å². The van der Waals surface area contributed by atoms with E-state index in [0.717, 1.165) is 6.92 Å². The Morgan fingerprint density at radius 2 is 1.79 bits per heavy atom. The molecule has 34 heavy (non-hydrogen) atoms. The van der Waals surface area contributed by atoms with Gasteiger partial charge in [0.25, 0.3) is 0 Å². The maximum absolute atomic E-state index is 13.3. The minimum absolute atomic E-state index is 0.0286. The number of nitrogens with one attached hydrogen (secondary N) is 2. The van der Waals surface area contributed by atoms with Gasteiger partial charge in [0.05, 0.1) is 23.0 Å². The Labute approximate surface area is 202 Å². The van der Waals surface area contributed by atoms with E-state index in [9.17, 15) is 27.6 Å². The Kier molecular flexibility index (Phi) is 10.4. The molecule has 0 heterocycles. The van der Waals surface area contributed by atoms with Gasteiger partial charge in [0, 0.05) is 0 Å². The van der Waals surface area contributed by atoms with Crippen LogP contribution in [0.3, 0.4) is 0 Å². The number of hydrogen-bond acceptors (Lipinski definition) is 5. The molecular weight excluding hydrogens is 477 g/mol. The minimum atomic E-state index is -4.78. The van der Waals surface area contributed by atoms with Crippen LogP contribution in [-0.4, -0.2) is 42.4 Å². The van der Waals surface area contributed by atoms with Crippen LogP contribution in [0.5, 0.6) is 0 Å². The van der Waals surface area contributed by atoms with E-state index in [0.29, 0.717) is 5.56 Å². The Morgan fingerprint density at radius 1 is 1.18 bits per heavy atom. The van der Waals surface area contributed by atoms with Gasteiger partial charge in [-0.05, 0) is 44.4 Å². The van der Waals surface area contributed by atoms with Crippen molar-refractivity contribution in [2.75, 3.05) is 11.9 Å². The molecule has 0 spiro atoms. The van der Waals surface area contributed by atoms with E-state index >= 15 is 0 Å². The lowest BCUT2D eigenvalue weighted by molar-refractivity contribution is -0.178. The molecule has 0 aliphatic carbocycles. The molecule has 0 fully saturated rings. The number of halogens is 4. The third-order valence-corrected chi connectivity index (χ3v) is 4.94. The van der Waals surface area contributed by atoms with Crippen molar-refractivity contribution in [3.8, 4) is 0 Å². The van der Waals surface area contributed by atoms with Crippen LogP contribution in [0.25, 0.3) is 0 Å². The van der Waals surface area contributed by atoms with Gasteiger partial charge in [0.15, 0.2) is 0 Å². The second-order valence-electron chi connectivity index (χ2n) is 8.76. The average molecular weight is 507 g/mol. The Hall–Kier alpha value is -2.75. The highest BCUT2D eigenvalue weighted by Gasteiger charge is 2.45. The molecule has 0 unspecified atom stereocenters. The van der Waals surface area contributed by atoms with Crippen LogP contribution in [-0.2, 0) is 19.1 Å². The Balaban J connectivity index is 3.08. The Morgan fingerprint density at radius 3 is 2.32 bits per heavy atom. The van der Waals surface area contributed by atoms with Gasteiger partial charge < -0.3 is 20.1 Å². The largest absolute Gasteiger partial charge is 0.460 e. The van der Waals surface area contributed by atoms with Gasteiger partial charge in [0.2, 0.25) is 5.91 Å². The van der Waals surface area contributed by atoms with Crippen LogP contribution in [0.4, 0.5) is 23.7 Å². The molecule has 190 valence electrons. The van der Waals surface area contributed by atoms with Crippen molar-refractivity contribution in [1.82, 2.24) is 5.32 Å². The molecule has 0 radical (unpaired) electrons. The number of esters is 1. The molecule has 2 amide bonds. The highest BCUT2D eigenvalue weighted by Crippen LogP contribution is 2.32. The lowest BCUT2D eigenvalue weighted by atomic mass is 9.96. The third-order valence-electron chi connectivity index (χ3n) is 4.61. The summed E-state index contributed by atoms with van der Waals surface area (Å²) in [6, 6.07) is 2.55. The number of ether oxygens (including phenoxy) is 2. The van der Waals surface area contributed by atoms with Crippen molar-refractivity contribution in [2.24, 2.45) is 5.92 Å². The van der Waals surface area contributed by atoms with Crippen molar-refractivity contribution in [3.05, 3.63) is 41.4 Å². The van der Waals surface area contributed by atoms with Gasteiger partial charge in [-0.3, -0.25) is 9.59 Å². The van der Waals surface area contributed by atoms with Gasteiger partial charge >= 0.3 is 18.2 Å². The first-order valence-electron chi connectivity index (χ1n) is 10.5. The topological polar surface area (TPSA) is 93.7 Å². The number of anilines is 1. The highest BCUT2D eigenvalue weighted by molar-refractivity contribution is 6.33. The van der Waals surface area contributed by atoms with Crippen molar-refractivity contribution < 1.29 is 37.0 Å². The zero-order valence-electron chi connectivity index (χ0n) is 19.7. The second-order valence-corrected chi connectivity index (χ2v) is 9.17. The lowest BCUT2D eigenvalue weighted by Crippen LogP contribution is -2.52. The number of carbonyl (C=O) groups excluding carboxylic acids is 3. The normalized spacial score (nSPS) is 14.4. The summed E-state index contributed by atoms with van der Waals surface area (Å²) in [6.45, 7) is 10.8. The maximum Gasteiger partial charge on any atom is 0.408 e. The first kappa shape index (κ1) is 29.3. The zero-order valence-corrected chi connectivity index (χ0v) is 20.5. The molecule has 0 saturated carbocycles. The van der Waals surface area contributed by atoms with E-state index in [2.05, 4.69) is 16.6 Å². The number of alkyl halides is 3. The smallest absolute Gasteiger partial charge is 0.408 e. The van der Waals surface area contributed by atoms with E-state index < -0.39 is 41.7 Å². The number of amides is 2. The summed E-state index contributed by atoms with van der Waals surface area (Å²) < 4.78 is 49.9. The molecule has 2 N–H and O–H groups in total. The number of alkyl carbamates (subject to hydrolysis) is 1. The fourth-order valence-corrected chi connectivity index (χ4v) is 2.98. The molecule has 1 rings (SSSR count). The fraction of sp³-hybridized carbons (Fsp3) is 0.522. The summed E-state index contributed by atoms with van der Waals surface area (Å²) in [5, 5.41) is 4.34. The average Bonchev–Trinajstić information content (AvgIpc) is 2.69. The van der Waals surface area contributed by atoms with E-state index in [4.69, 9.17) is 16.3 Å². The molecule has 0 aliphatic heterocycles. The van der Waals surface area contributed by atoms with Crippen molar-refractivity contribution in [2.45, 2.75) is 64.8 Å². The summed E-state index contributed by atoms with van der Waals surface area (Å²) >= 11 is 6.13. The predicted octanol–water partition coefficient (Wildman–Crippen LogP) is 5.59. The zero-order chi connectivity index (χ0) is 26.3. The SMILES string of the molecule is C=CCOC(=O)N[C@H](C(=O)Nc1cc([C@@H](C)CC(=O)OC(C)(C)C)ccc1Cl)[C@@H](C)C(F)(F)F. The van der Waals surface area contributed by atoms with Crippen LogP contribution in [0.15, 0.2) is 30.9 Å². The molecule has 0 aromatic heterocycles. The van der Waals surface area contributed by atoms with E-state index in [1.54, 1.807) is 33.8 Å². The van der Waals surface area contributed by atoms with Crippen LogP contribution in [0.2, 0.25) is 5.02 Å². The van der Waals surface area contributed by atoms with E-state index in [-0.39, 0.29) is 29.7 Å². The van der Waals surface area contributed by atoms with Gasteiger partial charge in [-0.1, -0.05) is 44.2 Å². The molecule has 1 aromatic rings.